The predicted molar refractivity (Wildman–Crippen MR) is 83.3 cm³/mol. The van der Waals surface area contributed by atoms with E-state index in [1.807, 2.05) is 24.3 Å². The fraction of sp³-hybridized carbons (Fsp3) is 0.600. The fourth-order valence-corrected chi connectivity index (χ4v) is 4.37. The lowest BCUT2D eigenvalue weighted by molar-refractivity contribution is 0.364. The highest BCUT2D eigenvalue weighted by atomic mass is 35.5. The van der Waals surface area contributed by atoms with Crippen LogP contribution < -0.4 is 0 Å². The van der Waals surface area contributed by atoms with E-state index >= 15 is 0 Å². The lowest BCUT2D eigenvalue weighted by Crippen LogP contribution is -2.34. The van der Waals surface area contributed by atoms with Crippen molar-refractivity contribution in [2.24, 2.45) is 0 Å². The molecule has 0 amide bonds. The third kappa shape index (κ3) is 4.47. The van der Waals surface area contributed by atoms with E-state index < -0.39 is 10.0 Å². The zero-order valence-corrected chi connectivity index (χ0v) is 13.3. The van der Waals surface area contributed by atoms with Crippen LogP contribution in [-0.4, -0.2) is 25.8 Å². The van der Waals surface area contributed by atoms with Crippen molar-refractivity contribution in [3.63, 3.8) is 0 Å². The minimum atomic E-state index is -3.21. The predicted octanol–water partition coefficient (Wildman–Crippen LogP) is 3.52. The second-order valence-electron chi connectivity index (χ2n) is 5.38. The number of benzene rings is 1. The zero-order chi connectivity index (χ0) is 14.4. The maximum absolute atomic E-state index is 12.5. The second kappa shape index (κ2) is 7.43. The maximum atomic E-state index is 12.5. The van der Waals surface area contributed by atoms with E-state index in [1.54, 1.807) is 4.31 Å². The first-order valence-electron chi connectivity index (χ1n) is 7.23. The summed E-state index contributed by atoms with van der Waals surface area (Å²) in [5, 5.41) is 0. The summed E-state index contributed by atoms with van der Waals surface area (Å²) in [6, 6.07) is 7.53. The number of alkyl halides is 1. The second-order valence-corrected chi connectivity index (χ2v) is 7.61. The van der Waals surface area contributed by atoms with Crippen molar-refractivity contribution in [1.82, 2.24) is 4.31 Å². The Morgan fingerprint density at radius 2 is 1.60 bits per heavy atom. The molecule has 1 heterocycles. The van der Waals surface area contributed by atoms with Crippen molar-refractivity contribution in [3.05, 3.63) is 35.4 Å². The number of nitrogens with zero attached hydrogens (tertiary/aromatic N) is 1. The molecular formula is C15H22ClNO2S. The topological polar surface area (TPSA) is 37.4 Å². The minimum absolute atomic E-state index is 0.0811. The molecule has 0 bridgehead atoms. The minimum Gasteiger partial charge on any atom is -0.212 e. The van der Waals surface area contributed by atoms with Crippen LogP contribution in [0.15, 0.2) is 24.3 Å². The standard InChI is InChI=1S/C15H22ClNO2S/c16-12-14-7-6-8-15(11-14)13-20(18,19)17-9-4-2-1-3-5-10-17/h6-8,11H,1-5,9-10,12-13H2. The van der Waals surface area contributed by atoms with E-state index in [9.17, 15) is 8.42 Å². The molecular weight excluding hydrogens is 294 g/mol. The van der Waals surface area contributed by atoms with E-state index in [0.29, 0.717) is 19.0 Å². The van der Waals surface area contributed by atoms with Crippen LogP contribution in [0.4, 0.5) is 0 Å². The van der Waals surface area contributed by atoms with Crippen molar-refractivity contribution in [2.75, 3.05) is 13.1 Å². The first-order valence-corrected chi connectivity index (χ1v) is 9.38. The zero-order valence-electron chi connectivity index (χ0n) is 11.7. The molecule has 0 saturated carbocycles. The monoisotopic (exact) mass is 315 g/mol. The Balaban J connectivity index is 2.08. The van der Waals surface area contributed by atoms with E-state index in [4.69, 9.17) is 11.6 Å². The molecule has 0 radical (unpaired) electrons. The molecule has 0 aliphatic carbocycles. The van der Waals surface area contributed by atoms with Crippen molar-refractivity contribution < 1.29 is 8.42 Å². The van der Waals surface area contributed by atoms with Crippen LogP contribution in [0.1, 0.15) is 43.2 Å². The van der Waals surface area contributed by atoms with Crippen LogP contribution in [0.2, 0.25) is 0 Å². The van der Waals surface area contributed by atoms with E-state index in [2.05, 4.69) is 0 Å². The summed E-state index contributed by atoms with van der Waals surface area (Å²) in [6.07, 6.45) is 5.44. The van der Waals surface area contributed by atoms with Crippen LogP contribution in [0.25, 0.3) is 0 Å². The summed E-state index contributed by atoms with van der Waals surface area (Å²) in [6.45, 7) is 1.33. The summed E-state index contributed by atoms with van der Waals surface area (Å²) in [5.41, 5.74) is 1.79. The highest BCUT2D eigenvalue weighted by Gasteiger charge is 2.22. The summed E-state index contributed by atoms with van der Waals surface area (Å²) in [5.74, 6) is 0.495. The van der Waals surface area contributed by atoms with Crippen LogP contribution >= 0.6 is 11.6 Å². The first-order chi connectivity index (χ1) is 9.62. The van der Waals surface area contributed by atoms with E-state index in [-0.39, 0.29) is 5.75 Å². The third-order valence-electron chi connectivity index (χ3n) is 3.70. The number of halogens is 1. The molecule has 1 aliphatic rings. The normalized spacial score (nSPS) is 18.4. The molecule has 0 unspecified atom stereocenters. The van der Waals surface area contributed by atoms with Gasteiger partial charge in [0.1, 0.15) is 0 Å². The molecule has 1 saturated heterocycles. The van der Waals surface area contributed by atoms with Crippen LogP contribution in [0, 0.1) is 0 Å². The van der Waals surface area contributed by atoms with Gasteiger partial charge in [-0.1, -0.05) is 43.5 Å². The smallest absolute Gasteiger partial charge is 0.212 e. The van der Waals surface area contributed by atoms with Gasteiger partial charge in [-0.15, -0.1) is 11.6 Å². The van der Waals surface area contributed by atoms with Gasteiger partial charge in [0.05, 0.1) is 5.75 Å². The van der Waals surface area contributed by atoms with Crippen molar-refractivity contribution in [2.45, 2.75) is 43.7 Å². The molecule has 0 N–H and O–H groups in total. The Morgan fingerprint density at radius 3 is 2.25 bits per heavy atom. The van der Waals surface area contributed by atoms with Crippen LogP contribution in [-0.2, 0) is 21.7 Å². The molecule has 20 heavy (non-hydrogen) atoms. The Morgan fingerprint density at radius 1 is 1.00 bits per heavy atom. The number of rotatable bonds is 4. The van der Waals surface area contributed by atoms with Gasteiger partial charge in [0, 0.05) is 19.0 Å². The summed E-state index contributed by atoms with van der Waals surface area (Å²) < 4.78 is 26.7. The van der Waals surface area contributed by atoms with Gasteiger partial charge >= 0.3 is 0 Å². The van der Waals surface area contributed by atoms with Gasteiger partial charge < -0.3 is 0 Å². The van der Waals surface area contributed by atoms with Gasteiger partial charge in [-0.05, 0) is 24.0 Å². The van der Waals surface area contributed by atoms with Gasteiger partial charge in [-0.25, -0.2) is 12.7 Å². The average Bonchev–Trinajstić information content (AvgIpc) is 2.37. The first kappa shape index (κ1) is 15.8. The summed E-state index contributed by atoms with van der Waals surface area (Å²) in [4.78, 5) is 0. The van der Waals surface area contributed by atoms with Gasteiger partial charge in [0.25, 0.3) is 0 Å². The number of hydrogen-bond acceptors (Lipinski definition) is 2. The highest BCUT2D eigenvalue weighted by Crippen LogP contribution is 2.18. The van der Waals surface area contributed by atoms with Crippen molar-refractivity contribution >= 4 is 21.6 Å². The lowest BCUT2D eigenvalue weighted by Gasteiger charge is -2.24. The highest BCUT2D eigenvalue weighted by molar-refractivity contribution is 7.88. The molecule has 1 fully saturated rings. The van der Waals surface area contributed by atoms with Gasteiger partial charge in [0.2, 0.25) is 10.0 Å². The summed E-state index contributed by atoms with van der Waals surface area (Å²) in [7, 11) is -3.21. The van der Waals surface area contributed by atoms with Crippen molar-refractivity contribution in [1.29, 1.82) is 0 Å². The molecule has 3 nitrogen and oxygen atoms in total. The largest absolute Gasteiger partial charge is 0.218 e. The van der Waals surface area contributed by atoms with E-state index in [0.717, 1.165) is 36.8 Å². The van der Waals surface area contributed by atoms with Crippen LogP contribution in [0.3, 0.4) is 0 Å². The molecule has 112 valence electrons. The Labute approximate surface area is 127 Å². The lowest BCUT2D eigenvalue weighted by atomic mass is 10.1. The van der Waals surface area contributed by atoms with Gasteiger partial charge in [0.15, 0.2) is 0 Å². The number of hydrogen-bond donors (Lipinski definition) is 0. The average molecular weight is 316 g/mol. The molecule has 5 heteroatoms. The SMILES string of the molecule is O=S(=O)(Cc1cccc(CCl)c1)N1CCCCCCC1. The molecule has 0 atom stereocenters. The quantitative estimate of drug-likeness (QED) is 0.797. The molecule has 1 aromatic carbocycles. The fourth-order valence-electron chi connectivity index (χ4n) is 2.60. The van der Waals surface area contributed by atoms with Gasteiger partial charge in [-0.3, -0.25) is 0 Å². The Hall–Kier alpha value is -0.580. The maximum Gasteiger partial charge on any atom is 0.218 e. The summed E-state index contributed by atoms with van der Waals surface area (Å²) >= 11 is 5.80. The Kier molecular flexibility index (Phi) is 5.87. The molecule has 0 aromatic heterocycles. The molecule has 1 aliphatic heterocycles. The van der Waals surface area contributed by atoms with Crippen LogP contribution in [0.5, 0.6) is 0 Å². The van der Waals surface area contributed by atoms with E-state index in [1.165, 1.54) is 6.42 Å². The molecule has 1 aromatic rings. The third-order valence-corrected chi connectivity index (χ3v) is 5.86. The Bertz CT molecular complexity index is 522. The molecule has 2 rings (SSSR count). The number of sulfonamides is 1. The van der Waals surface area contributed by atoms with Gasteiger partial charge in [-0.2, -0.15) is 0 Å². The molecule has 0 spiro atoms. The van der Waals surface area contributed by atoms with Crippen molar-refractivity contribution in [3.8, 4) is 0 Å².